The van der Waals surface area contributed by atoms with Gasteiger partial charge in [-0.05, 0) is 36.4 Å². The van der Waals surface area contributed by atoms with Crippen molar-refractivity contribution in [3.8, 4) is 5.75 Å². The number of carbonyl (C=O) groups excluding carboxylic acids is 1. The molecule has 1 aliphatic rings. The second kappa shape index (κ2) is 7.61. The molecule has 0 unspecified atom stereocenters. The van der Waals surface area contributed by atoms with Crippen LogP contribution in [0.3, 0.4) is 0 Å². The van der Waals surface area contributed by atoms with Gasteiger partial charge in [0.15, 0.2) is 0 Å². The lowest BCUT2D eigenvalue weighted by molar-refractivity contribution is 0.0694. The number of sulfonamides is 1. The first-order valence-electron chi connectivity index (χ1n) is 8.21. The molecule has 27 heavy (non-hydrogen) atoms. The van der Waals surface area contributed by atoms with Crippen LogP contribution in [-0.4, -0.2) is 56.8 Å². The smallest absolute Gasteiger partial charge is 0.257 e. The summed E-state index contributed by atoms with van der Waals surface area (Å²) < 4.78 is 58.4. The van der Waals surface area contributed by atoms with Crippen molar-refractivity contribution in [2.24, 2.45) is 0 Å². The van der Waals surface area contributed by atoms with Crippen LogP contribution < -0.4 is 4.74 Å². The molecule has 0 radical (unpaired) electrons. The topological polar surface area (TPSA) is 66.9 Å². The van der Waals surface area contributed by atoms with Crippen LogP contribution in [0.25, 0.3) is 0 Å². The Balaban J connectivity index is 1.74. The van der Waals surface area contributed by atoms with E-state index < -0.39 is 27.6 Å². The van der Waals surface area contributed by atoms with Gasteiger partial charge in [0.1, 0.15) is 17.4 Å². The predicted molar refractivity (Wildman–Crippen MR) is 94.0 cm³/mol. The number of rotatable bonds is 4. The summed E-state index contributed by atoms with van der Waals surface area (Å²) in [5.41, 5.74) is 0.0823. The first-order chi connectivity index (χ1) is 12.8. The van der Waals surface area contributed by atoms with Crippen molar-refractivity contribution < 1.29 is 26.7 Å². The molecule has 0 atom stereocenters. The molecular weight excluding hydrogens is 378 g/mol. The van der Waals surface area contributed by atoms with E-state index in [4.69, 9.17) is 4.74 Å². The Morgan fingerprint density at radius 1 is 1.00 bits per heavy atom. The second-order valence-corrected chi connectivity index (χ2v) is 7.94. The maximum absolute atomic E-state index is 13.5. The number of carbonyl (C=O) groups is 1. The van der Waals surface area contributed by atoms with E-state index in [2.05, 4.69) is 0 Å². The molecular formula is C18H18F2N2O4S. The Morgan fingerprint density at radius 2 is 1.67 bits per heavy atom. The molecule has 2 aromatic rings. The average molecular weight is 396 g/mol. The van der Waals surface area contributed by atoms with E-state index in [1.54, 1.807) is 0 Å². The molecule has 9 heteroatoms. The summed E-state index contributed by atoms with van der Waals surface area (Å²) >= 11 is 0. The maximum atomic E-state index is 13.5. The van der Waals surface area contributed by atoms with Gasteiger partial charge in [0, 0.05) is 26.2 Å². The summed E-state index contributed by atoms with van der Waals surface area (Å²) in [7, 11) is -2.46. The molecule has 0 saturated carbocycles. The van der Waals surface area contributed by atoms with Crippen LogP contribution in [-0.2, 0) is 10.0 Å². The SMILES string of the molecule is COc1ccc(F)cc1C(=O)N1CCN(S(=O)(=O)c2cccc(F)c2)CC1. The minimum atomic E-state index is -3.85. The first kappa shape index (κ1) is 19.2. The van der Waals surface area contributed by atoms with Crippen molar-refractivity contribution in [3.05, 3.63) is 59.7 Å². The highest BCUT2D eigenvalue weighted by molar-refractivity contribution is 7.89. The maximum Gasteiger partial charge on any atom is 0.257 e. The number of hydrogen-bond acceptors (Lipinski definition) is 4. The lowest BCUT2D eigenvalue weighted by Crippen LogP contribution is -2.50. The number of piperazine rings is 1. The van der Waals surface area contributed by atoms with Gasteiger partial charge in [0.2, 0.25) is 10.0 Å². The van der Waals surface area contributed by atoms with Crippen LogP contribution in [0.5, 0.6) is 5.75 Å². The van der Waals surface area contributed by atoms with Crippen molar-refractivity contribution in [2.45, 2.75) is 4.90 Å². The Labute approximate surface area is 156 Å². The molecule has 0 aliphatic carbocycles. The van der Waals surface area contributed by atoms with Crippen LogP contribution in [0.4, 0.5) is 8.78 Å². The van der Waals surface area contributed by atoms with Crippen molar-refractivity contribution in [2.75, 3.05) is 33.3 Å². The molecule has 0 aromatic heterocycles. The molecule has 1 amide bonds. The van der Waals surface area contributed by atoms with E-state index >= 15 is 0 Å². The zero-order valence-electron chi connectivity index (χ0n) is 14.6. The summed E-state index contributed by atoms with van der Waals surface area (Å²) in [5.74, 6) is -1.39. The van der Waals surface area contributed by atoms with E-state index in [-0.39, 0.29) is 42.4 Å². The highest BCUT2D eigenvalue weighted by Crippen LogP contribution is 2.23. The molecule has 1 heterocycles. The largest absolute Gasteiger partial charge is 0.496 e. The van der Waals surface area contributed by atoms with Gasteiger partial charge >= 0.3 is 0 Å². The Morgan fingerprint density at radius 3 is 2.30 bits per heavy atom. The van der Waals surface area contributed by atoms with E-state index in [0.717, 1.165) is 12.1 Å². The zero-order valence-corrected chi connectivity index (χ0v) is 15.4. The fourth-order valence-corrected chi connectivity index (χ4v) is 4.38. The van der Waals surface area contributed by atoms with Crippen LogP contribution in [0.15, 0.2) is 47.4 Å². The number of amides is 1. The summed E-state index contributed by atoms with van der Waals surface area (Å²) in [6.45, 7) is 0.379. The van der Waals surface area contributed by atoms with Crippen LogP contribution >= 0.6 is 0 Å². The number of ether oxygens (including phenoxy) is 1. The number of nitrogens with zero attached hydrogens (tertiary/aromatic N) is 2. The third-order valence-corrected chi connectivity index (χ3v) is 6.25. The highest BCUT2D eigenvalue weighted by atomic mass is 32.2. The molecule has 1 saturated heterocycles. The van der Waals surface area contributed by atoms with Gasteiger partial charge in [-0.2, -0.15) is 4.31 Å². The third-order valence-electron chi connectivity index (χ3n) is 4.35. The Hall–Kier alpha value is -2.52. The van der Waals surface area contributed by atoms with Crippen molar-refractivity contribution in [3.63, 3.8) is 0 Å². The number of hydrogen-bond donors (Lipinski definition) is 0. The molecule has 6 nitrogen and oxygen atoms in total. The number of methoxy groups -OCH3 is 1. The van der Waals surface area contributed by atoms with Crippen LogP contribution in [0, 0.1) is 11.6 Å². The monoisotopic (exact) mass is 396 g/mol. The molecule has 144 valence electrons. The Kier molecular flexibility index (Phi) is 5.43. The lowest BCUT2D eigenvalue weighted by atomic mass is 10.1. The lowest BCUT2D eigenvalue weighted by Gasteiger charge is -2.34. The number of benzene rings is 2. The van der Waals surface area contributed by atoms with Gasteiger partial charge in [-0.1, -0.05) is 6.07 Å². The summed E-state index contributed by atoms with van der Waals surface area (Å²) in [4.78, 5) is 14.0. The second-order valence-electron chi connectivity index (χ2n) is 6.00. The normalized spacial score (nSPS) is 15.6. The third kappa shape index (κ3) is 3.93. The molecule has 1 fully saturated rings. The van der Waals surface area contributed by atoms with Gasteiger partial charge < -0.3 is 9.64 Å². The average Bonchev–Trinajstić information content (AvgIpc) is 2.67. The first-order valence-corrected chi connectivity index (χ1v) is 9.65. The van der Waals surface area contributed by atoms with E-state index in [9.17, 15) is 22.0 Å². The highest BCUT2D eigenvalue weighted by Gasteiger charge is 2.31. The predicted octanol–water partition coefficient (Wildman–Crippen LogP) is 2.12. The van der Waals surface area contributed by atoms with Gasteiger partial charge in [-0.3, -0.25) is 4.79 Å². The number of halogens is 2. The minimum Gasteiger partial charge on any atom is -0.496 e. The van der Waals surface area contributed by atoms with E-state index in [1.807, 2.05) is 0 Å². The van der Waals surface area contributed by atoms with Crippen molar-refractivity contribution in [1.82, 2.24) is 9.21 Å². The molecule has 0 N–H and O–H groups in total. The standard InChI is InChI=1S/C18H18F2N2O4S/c1-26-17-6-5-14(20)12-16(17)18(23)21-7-9-22(10-8-21)27(24,25)15-4-2-3-13(19)11-15/h2-6,11-12H,7-10H2,1H3. The Bertz CT molecular complexity index is 958. The molecule has 3 rings (SSSR count). The van der Waals surface area contributed by atoms with Crippen LogP contribution in [0.2, 0.25) is 0 Å². The quantitative estimate of drug-likeness (QED) is 0.794. The minimum absolute atomic E-state index is 0.0578. The molecule has 2 aromatic carbocycles. The van der Waals surface area contributed by atoms with Gasteiger partial charge in [-0.15, -0.1) is 0 Å². The van der Waals surface area contributed by atoms with Crippen molar-refractivity contribution in [1.29, 1.82) is 0 Å². The summed E-state index contributed by atoms with van der Waals surface area (Å²) in [6, 6.07) is 8.45. The molecule has 0 bridgehead atoms. The fraction of sp³-hybridized carbons (Fsp3) is 0.278. The molecule has 1 aliphatic heterocycles. The van der Waals surface area contributed by atoms with Gasteiger partial charge in [0.05, 0.1) is 17.6 Å². The van der Waals surface area contributed by atoms with Crippen molar-refractivity contribution >= 4 is 15.9 Å². The zero-order chi connectivity index (χ0) is 19.6. The molecule has 0 spiro atoms. The summed E-state index contributed by atoms with van der Waals surface area (Å²) in [6.07, 6.45) is 0. The summed E-state index contributed by atoms with van der Waals surface area (Å²) in [5, 5.41) is 0. The van der Waals surface area contributed by atoms with Gasteiger partial charge in [-0.25, -0.2) is 17.2 Å². The van der Waals surface area contributed by atoms with E-state index in [1.165, 1.54) is 46.6 Å². The van der Waals surface area contributed by atoms with Crippen LogP contribution in [0.1, 0.15) is 10.4 Å². The van der Waals surface area contributed by atoms with E-state index in [0.29, 0.717) is 0 Å². The fourth-order valence-electron chi connectivity index (χ4n) is 2.93. The van der Waals surface area contributed by atoms with Gasteiger partial charge in [0.25, 0.3) is 5.91 Å².